The Kier molecular flexibility index (Phi) is 4.07. The summed E-state index contributed by atoms with van der Waals surface area (Å²) >= 11 is 0. The maximum absolute atomic E-state index is 13.8. The van der Waals surface area contributed by atoms with Crippen molar-refractivity contribution in [2.45, 2.75) is 13.8 Å². The number of benzene rings is 2. The van der Waals surface area contributed by atoms with E-state index in [1.807, 2.05) is 0 Å². The molecular weight excluding hydrogens is 302 g/mol. The van der Waals surface area contributed by atoms with Crippen LogP contribution in [-0.2, 0) is 0 Å². The molecule has 0 fully saturated rings. The van der Waals surface area contributed by atoms with Crippen LogP contribution in [0.3, 0.4) is 0 Å². The maximum Gasteiger partial charge on any atom is 0.341 e. The molecule has 2 rings (SSSR count). The van der Waals surface area contributed by atoms with Gasteiger partial charge in [-0.05, 0) is 37.1 Å². The fourth-order valence-corrected chi connectivity index (χ4v) is 2.14. The number of carboxylic acids is 1. The first-order valence-electron chi connectivity index (χ1n) is 6.17. The largest absolute Gasteiger partial charge is 0.478 e. The van der Waals surface area contributed by atoms with Crippen LogP contribution in [0.25, 0.3) is 0 Å². The second-order valence-corrected chi connectivity index (χ2v) is 4.81. The van der Waals surface area contributed by atoms with E-state index in [2.05, 4.69) is 5.32 Å². The van der Waals surface area contributed by atoms with Gasteiger partial charge in [-0.1, -0.05) is 6.07 Å². The molecule has 3 nitrogen and oxygen atoms in total. The van der Waals surface area contributed by atoms with E-state index in [1.165, 1.54) is 12.1 Å². The molecule has 0 saturated heterocycles. The van der Waals surface area contributed by atoms with Crippen molar-refractivity contribution in [3.05, 3.63) is 58.2 Å². The molecule has 0 unspecified atom stereocenters. The molecule has 0 atom stereocenters. The van der Waals surface area contributed by atoms with Crippen molar-refractivity contribution in [2.24, 2.45) is 0 Å². The van der Waals surface area contributed by atoms with Gasteiger partial charge in [0.1, 0.15) is 5.56 Å². The Morgan fingerprint density at radius 3 is 1.91 bits per heavy atom. The van der Waals surface area contributed by atoms with Gasteiger partial charge >= 0.3 is 5.97 Å². The van der Waals surface area contributed by atoms with Gasteiger partial charge in [0.25, 0.3) is 0 Å². The minimum Gasteiger partial charge on any atom is -0.478 e. The monoisotopic (exact) mass is 313 g/mol. The number of halogens is 4. The molecule has 0 radical (unpaired) electrons. The third-order valence-corrected chi connectivity index (χ3v) is 2.97. The van der Waals surface area contributed by atoms with Crippen LogP contribution < -0.4 is 5.32 Å². The molecule has 116 valence electrons. The van der Waals surface area contributed by atoms with Gasteiger partial charge in [-0.15, -0.1) is 0 Å². The van der Waals surface area contributed by atoms with Gasteiger partial charge in [0, 0.05) is 5.69 Å². The van der Waals surface area contributed by atoms with Crippen LogP contribution in [0.2, 0.25) is 0 Å². The lowest BCUT2D eigenvalue weighted by molar-refractivity contribution is 0.0691. The molecule has 0 aliphatic carbocycles. The average molecular weight is 313 g/mol. The first-order valence-corrected chi connectivity index (χ1v) is 6.17. The standard InChI is InChI=1S/C15H11F4NO2/c1-6-3-7(2)5-8(4-6)20-14-9(15(21)22)10(16)11(17)12(18)13(14)19/h3-5,20H,1-2H3,(H,21,22). The minimum atomic E-state index is -2.17. The lowest BCUT2D eigenvalue weighted by Crippen LogP contribution is -2.13. The van der Waals surface area contributed by atoms with Crippen LogP contribution in [0.5, 0.6) is 0 Å². The number of hydrogen-bond donors (Lipinski definition) is 2. The zero-order chi connectivity index (χ0) is 16.6. The van der Waals surface area contributed by atoms with E-state index in [0.29, 0.717) is 0 Å². The first-order chi connectivity index (χ1) is 10.2. The van der Waals surface area contributed by atoms with Crippen molar-refractivity contribution < 1.29 is 27.5 Å². The SMILES string of the molecule is Cc1cc(C)cc(Nc2c(F)c(F)c(F)c(F)c2C(=O)O)c1. The van der Waals surface area contributed by atoms with Crippen LogP contribution in [0, 0.1) is 37.1 Å². The summed E-state index contributed by atoms with van der Waals surface area (Å²) in [7, 11) is 0. The molecule has 7 heteroatoms. The molecule has 2 aromatic carbocycles. The van der Waals surface area contributed by atoms with Crippen LogP contribution >= 0.6 is 0 Å². The lowest BCUT2D eigenvalue weighted by Gasteiger charge is -2.14. The highest BCUT2D eigenvalue weighted by atomic mass is 19.2. The topological polar surface area (TPSA) is 49.3 Å². The molecule has 2 N–H and O–H groups in total. The number of aromatic carboxylic acids is 1. The van der Waals surface area contributed by atoms with Crippen molar-refractivity contribution >= 4 is 17.3 Å². The van der Waals surface area contributed by atoms with Gasteiger partial charge in [0.05, 0.1) is 5.69 Å². The number of nitrogens with one attached hydrogen (secondary N) is 1. The Labute approximate surface area is 123 Å². The molecule has 22 heavy (non-hydrogen) atoms. The summed E-state index contributed by atoms with van der Waals surface area (Å²) in [5.41, 5.74) is -0.501. The van der Waals surface area contributed by atoms with Crippen molar-refractivity contribution in [2.75, 3.05) is 5.32 Å². The summed E-state index contributed by atoms with van der Waals surface area (Å²) in [4.78, 5) is 11.0. The molecule has 0 bridgehead atoms. The Balaban J connectivity index is 2.66. The predicted octanol–water partition coefficient (Wildman–Crippen LogP) is 4.30. The molecule has 0 saturated carbocycles. The smallest absolute Gasteiger partial charge is 0.341 e. The normalized spacial score (nSPS) is 10.6. The second kappa shape index (κ2) is 5.67. The highest BCUT2D eigenvalue weighted by Gasteiger charge is 2.29. The average Bonchev–Trinajstić information content (AvgIpc) is 2.41. The Morgan fingerprint density at radius 2 is 1.41 bits per heavy atom. The Morgan fingerprint density at radius 1 is 0.909 bits per heavy atom. The molecule has 0 spiro atoms. The number of aryl methyl sites for hydroxylation is 2. The van der Waals surface area contributed by atoms with Gasteiger partial charge in [0.15, 0.2) is 23.3 Å². The first kappa shape index (κ1) is 15.8. The Hall–Kier alpha value is -2.57. The Bertz CT molecular complexity index is 755. The van der Waals surface area contributed by atoms with Gasteiger partial charge in [-0.2, -0.15) is 0 Å². The molecule has 0 aromatic heterocycles. The number of hydrogen-bond acceptors (Lipinski definition) is 2. The third-order valence-electron chi connectivity index (χ3n) is 2.97. The van der Waals surface area contributed by atoms with Crippen molar-refractivity contribution in [1.82, 2.24) is 0 Å². The number of anilines is 2. The van der Waals surface area contributed by atoms with Gasteiger partial charge in [-0.3, -0.25) is 0 Å². The number of carboxylic acid groups (broad SMARTS) is 1. The van der Waals surface area contributed by atoms with Gasteiger partial charge in [0.2, 0.25) is 0 Å². The number of carbonyl (C=O) groups is 1. The summed E-state index contributed by atoms with van der Waals surface area (Å²) in [6.45, 7) is 3.47. The second-order valence-electron chi connectivity index (χ2n) is 4.81. The highest BCUT2D eigenvalue weighted by molar-refractivity contribution is 5.95. The van der Waals surface area contributed by atoms with Crippen molar-refractivity contribution in [3.8, 4) is 0 Å². The van der Waals surface area contributed by atoms with E-state index in [9.17, 15) is 22.4 Å². The molecule has 2 aromatic rings. The van der Waals surface area contributed by atoms with Gasteiger partial charge in [-0.25, -0.2) is 22.4 Å². The van der Waals surface area contributed by atoms with E-state index in [4.69, 9.17) is 5.11 Å². The number of rotatable bonds is 3. The third kappa shape index (κ3) is 2.74. The van der Waals surface area contributed by atoms with Crippen molar-refractivity contribution in [1.29, 1.82) is 0 Å². The fraction of sp³-hybridized carbons (Fsp3) is 0.133. The molecule has 0 amide bonds. The highest BCUT2D eigenvalue weighted by Crippen LogP contribution is 2.31. The zero-order valence-electron chi connectivity index (χ0n) is 11.6. The molecule has 0 aliphatic rings. The molecular formula is C15H11F4NO2. The zero-order valence-corrected chi connectivity index (χ0v) is 11.6. The molecule has 0 heterocycles. The summed E-state index contributed by atoms with van der Waals surface area (Å²) in [6, 6.07) is 4.85. The fourth-order valence-electron chi connectivity index (χ4n) is 2.14. The van der Waals surface area contributed by atoms with Gasteiger partial charge < -0.3 is 10.4 Å². The molecule has 0 aliphatic heterocycles. The van der Waals surface area contributed by atoms with E-state index in [-0.39, 0.29) is 5.69 Å². The summed E-state index contributed by atoms with van der Waals surface area (Å²) in [5.74, 6) is -9.91. The maximum atomic E-state index is 13.8. The summed E-state index contributed by atoms with van der Waals surface area (Å²) < 4.78 is 54.0. The van der Waals surface area contributed by atoms with E-state index in [0.717, 1.165) is 11.1 Å². The quantitative estimate of drug-likeness (QED) is 0.504. The van der Waals surface area contributed by atoms with Crippen LogP contribution in [-0.4, -0.2) is 11.1 Å². The van der Waals surface area contributed by atoms with E-state index < -0.39 is 40.5 Å². The minimum absolute atomic E-state index is 0.226. The van der Waals surface area contributed by atoms with E-state index in [1.54, 1.807) is 19.9 Å². The lowest BCUT2D eigenvalue weighted by atomic mass is 10.1. The van der Waals surface area contributed by atoms with E-state index >= 15 is 0 Å². The van der Waals surface area contributed by atoms with Crippen LogP contribution in [0.15, 0.2) is 18.2 Å². The van der Waals surface area contributed by atoms with Crippen molar-refractivity contribution in [3.63, 3.8) is 0 Å². The summed E-state index contributed by atoms with van der Waals surface area (Å²) in [6.07, 6.45) is 0. The summed E-state index contributed by atoms with van der Waals surface area (Å²) in [5, 5.41) is 11.2. The van der Waals surface area contributed by atoms with Crippen LogP contribution in [0.4, 0.5) is 28.9 Å². The van der Waals surface area contributed by atoms with Crippen LogP contribution in [0.1, 0.15) is 21.5 Å². The predicted molar refractivity (Wildman–Crippen MR) is 72.4 cm³/mol.